The average molecular weight is 224 g/mol. The SMILES string of the molecule is CCC(=O)OC(C)Oc1ccc(OC)cc1. The molecule has 0 N–H and O–H groups in total. The fourth-order valence-corrected chi connectivity index (χ4v) is 1.14. The van der Waals surface area contributed by atoms with E-state index < -0.39 is 6.29 Å². The van der Waals surface area contributed by atoms with E-state index in [0.717, 1.165) is 5.75 Å². The molecule has 0 heterocycles. The Morgan fingerprint density at radius 2 is 1.81 bits per heavy atom. The maximum absolute atomic E-state index is 11.0. The highest BCUT2D eigenvalue weighted by atomic mass is 16.7. The van der Waals surface area contributed by atoms with Gasteiger partial charge in [0.05, 0.1) is 7.11 Å². The first kappa shape index (κ1) is 12.4. The number of ether oxygens (including phenoxy) is 3. The molecule has 1 atom stereocenters. The van der Waals surface area contributed by atoms with Gasteiger partial charge in [-0.25, -0.2) is 0 Å². The summed E-state index contributed by atoms with van der Waals surface area (Å²) < 4.78 is 15.4. The number of hydrogen-bond acceptors (Lipinski definition) is 4. The van der Waals surface area contributed by atoms with Crippen molar-refractivity contribution >= 4 is 5.97 Å². The van der Waals surface area contributed by atoms with E-state index in [-0.39, 0.29) is 5.97 Å². The summed E-state index contributed by atoms with van der Waals surface area (Å²) in [5, 5.41) is 0. The quantitative estimate of drug-likeness (QED) is 0.569. The summed E-state index contributed by atoms with van der Waals surface area (Å²) >= 11 is 0. The highest BCUT2D eigenvalue weighted by Crippen LogP contribution is 2.18. The van der Waals surface area contributed by atoms with E-state index in [4.69, 9.17) is 14.2 Å². The zero-order valence-electron chi connectivity index (χ0n) is 9.73. The highest BCUT2D eigenvalue weighted by Gasteiger charge is 2.08. The van der Waals surface area contributed by atoms with E-state index in [1.54, 1.807) is 45.2 Å². The Balaban J connectivity index is 2.49. The molecule has 0 saturated heterocycles. The topological polar surface area (TPSA) is 44.8 Å². The van der Waals surface area contributed by atoms with Crippen LogP contribution in [0.25, 0.3) is 0 Å². The Kier molecular flexibility index (Phi) is 4.64. The van der Waals surface area contributed by atoms with Crippen LogP contribution in [0, 0.1) is 0 Å². The van der Waals surface area contributed by atoms with Crippen molar-refractivity contribution in [3.05, 3.63) is 24.3 Å². The first-order valence-corrected chi connectivity index (χ1v) is 5.16. The lowest BCUT2D eigenvalue weighted by atomic mass is 10.3. The fourth-order valence-electron chi connectivity index (χ4n) is 1.14. The summed E-state index contributed by atoms with van der Waals surface area (Å²) in [4.78, 5) is 11.0. The average Bonchev–Trinajstić information content (AvgIpc) is 2.29. The second-order valence-corrected chi connectivity index (χ2v) is 3.20. The maximum Gasteiger partial charge on any atom is 0.308 e. The number of benzene rings is 1. The van der Waals surface area contributed by atoms with Crippen LogP contribution >= 0.6 is 0 Å². The molecule has 88 valence electrons. The van der Waals surface area contributed by atoms with E-state index in [9.17, 15) is 4.79 Å². The van der Waals surface area contributed by atoms with Crippen LogP contribution < -0.4 is 9.47 Å². The second-order valence-electron chi connectivity index (χ2n) is 3.20. The van der Waals surface area contributed by atoms with Crippen LogP contribution in [-0.4, -0.2) is 19.4 Å². The zero-order valence-corrected chi connectivity index (χ0v) is 9.73. The Bertz CT molecular complexity index is 331. The van der Waals surface area contributed by atoms with Gasteiger partial charge < -0.3 is 14.2 Å². The highest BCUT2D eigenvalue weighted by molar-refractivity contribution is 5.68. The Morgan fingerprint density at radius 3 is 2.31 bits per heavy atom. The molecule has 1 unspecified atom stereocenters. The van der Waals surface area contributed by atoms with Gasteiger partial charge in [-0.3, -0.25) is 4.79 Å². The second kappa shape index (κ2) is 6.00. The molecule has 0 aromatic heterocycles. The first-order chi connectivity index (χ1) is 7.65. The molecule has 0 fully saturated rings. The molecule has 1 aromatic carbocycles. The van der Waals surface area contributed by atoms with E-state index in [2.05, 4.69) is 0 Å². The Hall–Kier alpha value is -1.71. The lowest BCUT2D eigenvalue weighted by Crippen LogP contribution is -2.20. The van der Waals surface area contributed by atoms with Gasteiger partial charge in [-0.05, 0) is 24.3 Å². The van der Waals surface area contributed by atoms with Crippen molar-refractivity contribution in [1.82, 2.24) is 0 Å². The summed E-state index contributed by atoms with van der Waals surface area (Å²) in [5.41, 5.74) is 0. The van der Waals surface area contributed by atoms with Crippen LogP contribution in [0.15, 0.2) is 24.3 Å². The molecule has 0 spiro atoms. The van der Waals surface area contributed by atoms with Crippen molar-refractivity contribution in [3.8, 4) is 11.5 Å². The van der Waals surface area contributed by atoms with E-state index >= 15 is 0 Å². The molecule has 16 heavy (non-hydrogen) atoms. The number of carbonyl (C=O) groups excluding carboxylic acids is 1. The monoisotopic (exact) mass is 224 g/mol. The summed E-state index contributed by atoms with van der Waals surface area (Å²) in [6.07, 6.45) is -0.239. The molecule has 0 bridgehead atoms. The predicted octanol–water partition coefficient (Wildman–Crippen LogP) is 2.37. The van der Waals surface area contributed by atoms with Gasteiger partial charge in [0.25, 0.3) is 0 Å². The minimum absolute atomic E-state index is 0.277. The molecule has 0 aliphatic carbocycles. The molecule has 4 nitrogen and oxygen atoms in total. The summed E-state index contributed by atoms with van der Waals surface area (Å²) in [6, 6.07) is 7.08. The number of methoxy groups -OCH3 is 1. The molecule has 4 heteroatoms. The zero-order chi connectivity index (χ0) is 12.0. The molecular weight excluding hydrogens is 208 g/mol. The summed E-state index contributed by atoms with van der Waals surface area (Å²) in [6.45, 7) is 3.42. The normalized spacial score (nSPS) is 11.7. The van der Waals surface area contributed by atoms with Crippen molar-refractivity contribution in [2.45, 2.75) is 26.6 Å². The predicted molar refractivity (Wildman–Crippen MR) is 59.5 cm³/mol. The van der Waals surface area contributed by atoms with Crippen LogP contribution in [0.2, 0.25) is 0 Å². The number of hydrogen-bond donors (Lipinski definition) is 0. The van der Waals surface area contributed by atoms with Crippen molar-refractivity contribution < 1.29 is 19.0 Å². The molecule has 1 aromatic rings. The molecular formula is C12H16O4. The molecule has 0 aliphatic heterocycles. The lowest BCUT2D eigenvalue weighted by Gasteiger charge is -2.14. The largest absolute Gasteiger partial charge is 0.497 e. The van der Waals surface area contributed by atoms with Crippen LogP contribution in [0.5, 0.6) is 11.5 Å². The van der Waals surface area contributed by atoms with Crippen molar-refractivity contribution in [1.29, 1.82) is 0 Å². The van der Waals surface area contributed by atoms with Gasteiger partial charge in [0.1, 0.15) is 11.5 Å². The Morgan fingerprint density at radius 1 is 1.25 bits per heavy atom. The van der Waals surface area contributed by atoms with Gasteiger partial charge in [-0.1, -0.05) is 6.92 Å². The van der Waals surface area contributed by atoms with Crippen LogP contribution in [0.3, 0.4) is 0 Å². The van der Waals surface area contributed by atoms with Gasteiger partial charge in [-0.15, -0.1) is 0 Å². The minimum Gasteiger partial charge on any atom is -0.497 e. The van der Waals surface area contributed by atoms with Gasteiger partial charge in [-0.2, -0.15) is 0 Å². The number of rotatable bonds is 5. The van der Waals surface area contributed by atoms with E-state index in [1.807, 2.05) is 0 Å². The first-order valence-electron chi connectivity index (χ1n) is 5.16. The third-order valence-electron chi connectivity index (χ3n) is 1.95. The molecule has 0 amide bonds. The number of esters is 1. The maximum atomic E-state index is 11.0. The van der Waals surface area contributed by atoms with Crippen molar-refractivity contribution in [3.63, 3.8) is 0 Å². The van der Waals surface area contributed by atoms with Crippen LogP contribution in [0.4, 0.5) is 0 Å². The lowest BCUT2D eigenvalue weighted by molar-refractivity contribution is -0.160. The fraction of sp³-hybridized carbons (Fsp3) is 0.417. The Labute approximate surface area is 95.1 Å². The van der Waals surface area contributed by atoms with Gasteiger partial charge in [0, 0.05) is 13.3 Å². The third kappa shape index (κ3) is 3.81. The van der Waals surface area contributed by atoms with Gasteiger partial charge in [0.15, 0.2) is 0 Å². The molecule has 0 saturated carbocycles. The van der Waals surface area contributed by atoms with Gasteiger partial charge in [0.2, 0.25) is 6.29 Å². The molecule has 1 rings (SSSR count). The molecule has 0 aliphatic rings. The van der Waals surface area contributed by atoms with Crippen LogP contribution in [0.1, 0.15) is 20.3 Å². The smallest absolute Gasteiger partial charge is 0.308 e. The standard InChI is InChI=1S/C12H16O4/c1-4-12(13)16-9(2)15-11-7-5-10(14-3)6-8-11/h5-9H,4H2,1-3H3. The van der Waals surface area contributed by atoms with E-state index in [1.165, 1.54) is 0 Å². The van der Waals surface area contributed by atoms with Crippen LogP contribution in [-0.2, 0) is 9.53 Å². The number of carbonyl (C=O) groups is 1. The van der Waals surface area contributed by atoms with Crippen molar-refractivity contribution in [2.24, 2.45) is 0 Å². The summed E-state index contributed by atoms with van der Waals surface area (Å²) in [5.74, 6) is 1.11. The summed E-state index contributed by atoms with van der Waals surface area (Å²) in [7, 11) is 1.60. The van der Waals surface area contributed by atoms with Gasteiger partial charge >= 0.3 is 5.97 Å². The van der Waals surface area contributed by atoms with E-state index in [0.29, 0.717) is 12.2 Å². The minimum atomic E-state index is -0.583. The molecule has 0 radical (unpaired) electrons. The van der Waals surface area contributed by atoms with Crippen molar-refractivity contribution in [2.75, 3.05) is 7.11 Å². The third-order valence-corrected chi connectivity index (χ3v) is 1.95.